The van der Waals surface area contributed by atoms with Crippen molar-refractivity contribution in [2.24, 2.45) is 5.92 Å². The Morgan fingerprint density at radius 2 is 1.81 bits per heavy atom. The van der Waals surface area contributed by atoms with Gasteiger partial charge in [-0.25, -0.2) is 0 Å². The van der Waals surface area contributed by atoms with Crippen LogP contribution < -0.4 is 10.6 Å². The van der Waals surface area contributed by atoms with Crippen LogP contribution in [0.25, 0.3) is 0 Å². The van der Waals surface area contributed by atoms with Gasteiger partial charge in [-0.3, -0.25) is 14.4 Å². The fourth-order valence-corrected chi connectivity index (χ4v) is 4.03. The summed E-state index contributed by atoms with van der Waals surface area (Å²) in [6, 6.07) is 13.4. The monoisotopic (exact) mass is 453 g/mol. The van der Waals surface area contributed by atoms with Gasteiger partial charge in [-0.15, -0.1) is 6.58 Å². The van der Waals surface area contributed by atoms with E-state index in [1.165, 1.54) is 0 Å². The second kappa shape index (κ2) is 11.0. The third-order valence-corrected chi connectivity index (χ3v) is 5.91. The molecule has 2 aromatic carbocycles. The maximum Gasteiger partial charge on any atom is 0.253 e. The number of amides is 3. The molecule has 1 aliphatic rings. The lowest BCUT2D eigenvalue weighted by molar-refractivity contribution is -0.124. The summed E-state index contributed by atoms with van der Waals surface area (Å²) in [4.78, 5) is 40.2. The molecule has 0 aliphatic carbocycles. The van der Waals surface area contributed by atoms with Gasteiger partial charge >= 0.3 is 0 Å². The van der Waals surface area contributed by atoms with Gasteiger partial charge in [0, 0.05) is 35.8 Å². The first kappa shape index (κ1) is 23.5. The topological polar surface area (TPSA) is 78.5 Å². The summed E-state index contributed by atoms with van der Waals surface area (Å²) in [7, 11) is 0. The van der Waals surface area contributed by atoms with E-state index in [4.69, 9.17) is 11.6 Å². The Morgan fingerprint density at radius 1 is 1.12 bits per heavy atom. The van der Waals surface area contributed by atoms with Crippen molar-refractivity contribution in [3.63, 3.8) is 0 Å². The highest BCUT2D eigenvalue weighted by Gasteiger charge is 2.34. The maximum atomic E-state index is 12.8. The molecule has 0 saturated carbocycles. The van der Waals surface area contributed by atoms with Crippen molar-refractivity contribution in [2.45, 2.75) is 25.8 Å². The highest BCUT2D eigenvalue weighted by atomic mass is 35.5. The molecule has 1 fully saturated rings. The molecule has 0 radical (unpaired) electrons. The van der Waals surface area contributed by atoms with Gasteiger partial charge in [0.05, 0.1) is 0 Å². The van der Waals surface area contributed by atoms with Crippen LogP contribution in [0.15, 0.2) is 61.2 Å². The first-order valence-corrected chi connectivity index (χ1v) is 11.1. The molecule has 6 nitrogen and oxygen atoms in total. The van der Waals surface area contributed by atoms with E-state index in [1.54, 1.807) is 47.4 Å². The maximum absolute atomic E-state index is 12.8. The molecule has 0 aromatic heterocycles. The number of piperidine rings is 1. The molecule has 1 atom stereocenters. The normalized spacial score (nSPS) is 15.0. The summed E-state index contributed by atoms with van der Waals surface area (Å²) in [5, 5.41) is 6.30. The first-order valence-electron chi connectivity index (χ1n) is 10.7. The van der Waals surface area contributed by atoms with Crippen molar-refractivity contribution >= 4 is 29.3 Å². The van der Waals surface area contributed by atoms with Crippen molar-refractivity contribution in [3.05, 3.63) is 82.9 Å². The molecule has 2 aromatic rings. The summed E-state index contributed by atoms with van der Waals surface area (Å²) in [5.74, 6) is -0.667. The fraction of sp³-hybridized carbons (Fsp3) is 0.320. The van der Waals surface area contributed by atoms with Gasteiger partial charge in [0.1, 0.15) is 6.04 Å². The third kappa shape index (κ3) is 5.98. The minimum atomic E-state index is -0.684. The number of carbonyl (C=O) groups is 3. The van der Waals surface area contributed by atoms with Crippen LogP contribution in [0.1, 0.15) is 39.1 Å². The lowest BCUT2D eigenvalue weighted by atomic mass is 9.88. The average molecular weight is 454 g/mol. The standard InChI is InChI=1S/C25H28ClN3O3/c1-3-13-27-24(31)22(28-23(30)20-6-4-5-17(2)16-20)18-11-14-29(15-12-18)25(32)19-7-9-21(26)10-8-19/h3-10,16,18,22H,1,11-15H2,2H3,(H,27,31)(H,28,30)/t22-/m0/s1. The van der Waals surface area contributed by atoms with Crippen molar-refractivity contribution in [2.75, 3.05) is 19.6 Å². The first-order chi connectivity index (χ1) is 15.4. The molecule has 2 N–H and O–H groups in total. The molecule has 1 saturated heterocycles. The number of hydrogen-bond donors (Lipinski definition) is 2. The number of carbonyl (C=O) groups excluding carboxylic acids is 3. The van der Waals surface area contributed by atoms with Gasteiger partial charge in [0.15, 0.2) is 0 Å². The van der Waals surface area contributed by atoms with E-state index in [0.717, 1.165) is 5.56 Å². The fourth-order valence-electron chi connectivity index (χ4n) is 3.90. The van der Waals surface area contributed by atoms with Crippen LogP contribution in [-0.4, -0.2) is 48.3 Å². The van der Waals surface area contributed by atoms with E-state index in [9.17, 15) is 14.4 Å². The van der Waals surface area contributed by atoms with Crippen LogP contribution in [0.3, 0.4) is 0 Å². The van der Waals surface area contributed by atoms with Gasteiger partial charge in [-0.1, -0.05) is 35.4 Å². The molecule has 32 heavy (non-hydrogen) atoms. The second-order valence-corrected chi connectivity index (χ2v) is 8.43. The van der Waals surface area contributed by atoms with E-state index < -0.39 is 6.04 Å². The van der Waals surface area contributed by atoms with E-state index in [-0.39, 0.29) is 23.6 Å². The number of nitrogens with one attached hydrogen (secondary N) is 2. The molecule has 168 valence electrons. The minimum absolute atomic E-state index is 0.0587. The number of benzene rings is 2. The molecule has 0 unspecified atom stereocenters. The Bertz CT molecular complexity index is 982. The SMILES string of the molecule is C=CCNC(=O)[C@@H](NC(=O)c1cccc(C)c1)C1CCN(C(=O)c2ccc(Cl)cc2)CC1. The summed E-state index contributed by atoms with van der Waals surface area (Å²) < 4.78 is 0. The van der Waals surface area contributed by atoms with Crippen LogP contribution in [0.5, 0.6) is 0 Å². The summed E-state index contributed by atoms with van der Waals surface area (Å²) in [5.41, 5.74) is 2.07. The van der Waals surface area contributed by atoms with Gasteiger partial charge in [0.2, 0.25) is 5.91 Å². The predicted molar refractivity (Wildman–Crippen MR) is 126 cm³/mol. The highest BCUT2D eigenvalue weighted by molar-refractivity contribution is 6.30. The molecule has 7 heteroatoms. The van der Waals surface area contributed by atoms with E-state index >= 15 is 0 Å². The van der Waals surface area contributed by atoms with Gasteiger partial charge in [0.25, 0.3) is 11.8 Å². The molecule has 1 aliphatic heterocycles. The Morgan fingerprint density at radius 3 is 2.44 bits per heavy atom. The minimum Gasteiger partial charge on any atom is -0.351 e. The lowest BCUT2D eigenvalue weighted by Gasteiger charge is -2.35. The van der Waals surface area contributed by atoms with Crippen LogP contribution in [-0.2, 0) is 4.79 Å². The Labute approximate surface area is 193 Å². The van der Waals surface area contributed by atoms with E-state index in [1.807, 2.05) is 19.1 Å². The zero-order valence-corrected chi connectivity index (χ0v) is 18.9. The lowest BCUT2D eigenvalue weighted by Crippen LogP contribution is -2.53. The van der Waals surface area contributed by atoms with Crippen LogP contribution in [0.2, 0.25) is 5.02 Å². The number of halogens is 1. The van der Waals surface area contributed by atoms with Crippen molar-refractivity contribution in [1.82, 2.24) is 15.5 Å². The molecule has 3 rings (SSSR count). The van der Waals surface area contributed by atoms with Crippen LogP contribution >= 0.6 is 11.6 Å². The molecular weight excluding hydrogens is 426 g/mol. The van der Waals surface area contributed by atoms with E-state index in [2.05, 4.69) is 17.2 Å². The summed E-state index contributed by atoms with van der Waals surface area (Å²) in [6.07, 6.45) is 2.82. The van der Waals surface area contributed by atoms with Crippen molar-refractivity contribution < 1.29 is 14.4 Å². The molecular formula is C25H28ClN3O3. The Kier molecular flexibility index (Phi) is 8.06. The number of nitrogens with zero attached hydrogens (tertiary/aromatic N) is 1. The molecule has 3 amide bonds. The smallest absolute Gasteiger partial charge is 0.253 e. The van der Waals surface area contributed by atoms with E-state index in [0.29, 0.717) is 48.6 Å². The molecule has 0 bridgehead atoms. The van der Waals surface area contributed by atoms with Gasteiger partial charge in [-0.2, -0.15) is 0 Å². The largest absolute Gasteiger partial charge is 0.351 e. The Hall–Kier alpha value is -3.12. The molecule has 1 heterocycles. The Balaban J connectivity index is 1.68. The quantitative estimate of drug-likeness (QED) is 0.629. The summed E-state index contributed by atoms with van der Waals surface area (Å²) in [6.45, 7) is 6.89. The van der Waals surface area contributed by atoms with Crippen LogP contribution in [0.4, 0.5) is 0 Å². The predicted octanol–water partition coefficient (Wildman–Crippen LogP) is 3.60. The second-order valence-electron chi connectivity index (χ2n) is 7.99. The summed E-state index contributed by atoms with van der Waals surface area (Å²) >= 11 is 5.91. The van der Waals surface area contributed by atoms with Gasteiger partial charge in [-0.05, 0) is 62.1 Å². The van der Waals surface area contributed by atoms with Crippen molar-refractivity contribution in [1.29, 1.82) is 0 Å². The van der Waals surface area contributed by atoms with Crippen LogP contribution in [0, 0.1) is 12.8 Å². The number of likely N-dealkylation sites (tertiary alicyclic amines) is 1. The molecule has 0 spiro atoms. The average Bonchev–Trinajstić information content (AvgIpc) is 2.81. The van der Waals surface area contributed by atoms with Crippen molar-refractivity contribution in [3.8, 4) is 0 Å². The highest BCUT2D eigenvalue weighted by Crippen LogP contribution is 2.23. The number of hydrogen-bond acceptors (Lipinski definition) is 3. The number of aryl methyl sites for hydroxylation is 1. The third-order valence-electron chi connectivity index (χ3n) is 5.66. The number of rotatable bonds is 7. The van der Waals surface area contributed by atoms with Gasteiger partial charge < -0.3 is 15.5 Å². The zero-order chi connectivity index (χ0) is 23.1. The zero-order valence-electron chi connectivity index (χ0n) is 18.1.